The summed E-state index contributed by atoms with van der Waals surface area (Å²) in [5, 5.41) is 0. The van der Waals surface area contributed by atoms with Crippen molar-refractivity contribution in [1.82, 2.24) is 0 Å². The van der Waals surface area contributed by atoms with Gasteiger partial charge in [-0.05, 0) is 66.0 Å². The Bertz CT molecular complexity index is 582. The van der Waals surface area contributed by atoms with Crippen molar-refractivity contribution in [2.75, 3.05) is 11.4 Å². The summed E-state index contributed by atoms with van der Waals surface area (Å²) in [7, 11) is 0. The van der Waals surface area contributed by atoms with Crippen LogP contribution in [0.5, 0.6) is 0 Å². The van der Waals surface area contributed by atoms with Gasteiger partial charge in [0.25, 0.3) is 0 Å². The van der Waals surface area contributed by atoms with Crippen molar-refractivity contribution in [1.29, 1.82) is 0 Å². The van der Waals surface area contributed by atoms with Gasteiger partial charge in [0.05, 0.1) is 9.83 Å². The van der Waals surface area contributed by atoms with Gasteiger partial charge in [0, 0.05) is 23.2 Å². The largest absolute Gasteiger partial charge is 0.362 e. The fourth-order valence-corrected chi connectivity index (χ4v) is 4.27. The van der Waals surface area contributed by atoms with Gasteiger partial charge in [-0.1, -0.05) is 19.1 Å². The molecular weight excluding hydrogens is 344 g/mol. The van der Waals surface area contributed by atoms with Gasteiger partial charge < -0.3 is 10.6 Å². The molecule has 0 bridgehead atoms. The number of thiophene rings is 1. The molecule has 1 aromatic carbocycles. The van der Waals surface area contributed by atoms with Crippen LogP contribution in [-0.2, 0) is 0 Å². The fourth-order valence-electron chi connectivity index (χ4n) is 2.65. The van der Waals surface area contributed by atoms with Crippen LogP contribution >= 0.6 is 27.3 Å². The van der Waals surface area contributed by atoms with Crippen LogP contribution in [0, 0.1) is 6.92 Å². The molecule has 0 aliphatic heterocycles. The SMILES string of the molecule is CCC(N)C(c1ccc(Br)s1)N(CC)c1cccc(C)c1. The number of nitrogens with zero attached hydrogens (tertiary/aromatic N) is 1. The van der Waals surface area contributed by atoms with Gasteiger partial charge in [-0.2, -0.15) is 0 Å². The van der Waals surface area contributed by atoms with Gasteiger partial charge in [0.15, 0.2) is 0 Å². The van der Waals surface area contributed by atoms with E-state index < -0.39 is 0 Å². The highest BCUT2D eigenvalue weighted by Gasteiger charge is 2.26. The zero-order chi connectivity index (χ0) is 15.4. The Morgan fingerprint density at radius 1 is 1.24 bits per heavy atom. The number of halogens is 1. The Labute approximate surface area is 140 Å². The van der Waals surface area contributed by atoms with Gasteiger partial charge in [-0.15, -0.1) is 11.3 Å². The summed E-state index contributed by atoms with van der Waals surface area (Å²) in [6.45, 7) is 7.43. The molecule has 2 rings (SSSR count). The number of nitrogens with two attached hydrogens (primary N) is 1. The van der Waals surface area contributed by atoms with Crippen LogP contribution in [-0.4, -0.2) is 12.6 Å². The average Bonchev–Trinajstić information content (AvgIpc) is 2.89. The monoisotopic (exact) mass is 366 g/mol. The molecule has 4 heteroatoms. The van der Waals surface area contributed by atoms with Crippen molar-refractivity contribution in [2.45, 2.75) is 39.3 Å². The number of aryl methyl sites for hydroxylation is 1. The van der Waals surface area contributed by atoms with Crippen LogP contribution in [0.2, 0.25) is 0 Å². The Hall–Kier alpha value is -0.840. The summed E-state index contributed by atoms with van der Waals surface area (Å²) in [4.78, 5) is 3.74. The van der Waals surface area contributed by atoms with Crippen molar-refractivity contribution >= 4 is 33.0 Å². The van der Waals surface area contributed by atoms with Crippen molar-refractivity contribution in [3.63, 3.8) is 0 Å². The van der Waals surface area contributed by atoms with Gasteiger partial charge in [-0.3, -0.25) is 0 Å². The first-order valence-electron chi connectivity index (χ1n) is 7.41. The summed E-state index contributed by atoms with van der Waals surface area (Å²) < 4.78 is 1.16. The molecular formula is C17H23BrN2S. The van der Waals surface area contributed by atoms with Gasteiger partial charge >= 0.3 is 0 Å². The van der Waals surface area contributed by atoms with Gasteiger partial charge in [-0.25, -0.2) is 0 Å². The fraction of sp³-hybridized carbons (Fsp3) is 0.412. The molecule has 114 valence electrons. The first-order valence-corrected chi connectivity index (χ1v) is 9.01. The first-order chi connectivity index (χ1) is 10.1. The molecule has 0 aliphatic carbocycles. The Kier molecular flexibility index (Phi) is 5.85. The number of anilines is 1. The minimum absolute atomic E-state index is 0.121. The van der Waals surface area contributed by atoms with Crippen LogP contribution in [0.4, 0.5) is 5.69 Å². The normalized spacial score (nSPS) is 14.0. The van der Waals surface area contributed by atoms with E-state index in [0.29, 0.717) is 0 Å². The van der Waals surface area contributed by atoms with Crippen LogP contribution in [0.3, 0.4) is 0 Å². The molecule has 0 saturated heterocycles. The summed E-state index contributed by atoms with van der Waals surface area (Å²) in [5.41, 5.74) is 8.99. The molecule has 2 nitrogen and oxygen atoms in total. The van der Waals surface area contributed by atoms with E-state index in [0.717, 1.165) is 16.8 Å². The molecule has 2 unspecified atom stereocenters. The molecule has 0 radical (unpaired) electrons. The highest BCUT2D eigenvalue weighted by atomic mass is 79.9. The Morgan fingerprint density at radius 3 is 2.52 bits per heavy atom. The topological polar surface area (TPSA) is 29.3 Å². The van der Waals surface area contributed by atoms with Crippen molar-refractivity contribution in [3.05, 3.63) is 50.6 Å². The maximum Gasteiger partial charge on any atom is 0.0785 e. The smallest absolute Gasteiger partial charge is 0.0785 e. The van der Waals surface area contributed by atoms with Gasteiger partial charge in [0.1, 0.15) is 0 Å². The zero-order valence-corrected chi connectivity index (χ0v) is 15.2. The molecule has 2 aromatic rings. The van der Waals surface area contributed by atoms with E-state index in [9.17, 15) is 0 Å². The lowest BCUT2D eigenvalue weighted by atomic mass is 10.0. The molecule has 0 aliphatic rings. The molecule has 0 saturated carbocycles. The molecule has 0 amide bonds. The van der Waals surface area contributed by atoms with E-state index in [2.05, 4.69) is 78.0 Å². The second-order valence-corrected chi connectivity index (χ2v) is 7.78. The lowest BCUT2D eigenvalue weighted by Crippen LogP contribution is -2.40. The van der Waals surface area contributed by atoms with Gasteiger partial charge in [0.2, 0.25) is 0 Å². The minimum Gasteiger partial charge on any atom is -0.362 e. The molecule has 2 N–H and O–H groups in total. The predicted molar refractivity (Wildman–Crippen MR) is 97.2 cm³/mol. The van der Waals surface area contributed by atoms with E-state index in [1.165, 1.54) is 16.1 Å². The summed E-state index contributed by atoms with van der Waals surface area (Å²) in [6.07, 6.45) is 0.961. The van der Waals surface area contributed by atoms with Crippen LogP contribution in [0.1, 0.15) is 36.8 Å². The summed E-state index contributed by atoms with van der Waals surface area (Å²) in [5.74, 6) is 0. The average molecular weight is 367 g/mol. The third-order valence-corrected chi connectivity index (χ3v) is 5.47. The lowest BCUT2D eigenvalue weighted by molar-refractivity contribution is 0.501. The van der Waals surface area contributed by atoms with E-state index >= 15 is 0 Å². The Morgan fingerprint density at radius 2 is 2.00 bits per heavy atom. The van der Waals surface area contributed by atoms with Crippen LogP contribution in [0.25, 0.3) is 0 Å². The number of hydrogen-bond acceptors (Lipinski definition) is 3. The van der Waals surface area contributed by atoms with Crippen molar-refractivity contribution < 1.29 is 0 Å². The van der Waals surface area contributed by atoms with Crippen molar-refractivity contribution in [3.8, 4) is 0 Å². The Balaban J connectivity index is 2.42. The number of benzene rings is 1. The van der Waals surface area contributed by atoms with E-state index in [1.807, 2.05) is 0 Å². The minimum atomic E-state index is 0.121. The summed E-state index contributed by atoms with van der Waals surface area (Å²) in [6, 6.07) is 13.3. The molecule has 1 aromatic heterocycles. The maximum atomic E-state index is 6.46. The molecule has 1 heterocycles. The molecule has 0 fully saturated rings. The predicted octanol–water partition coefficient (Wildman–Crippen LogP) is 5.12. The summed E-state index contributed by atoms with van der Waals surface area (Å²) >= 11 is 5.35. The van der Waals surface area contributed by atoms with E-state index in [4.69, 9.17) is 5.73 Å². The van der Waals surface area contributed by atoms with Crippen molar-refractivity contribution in [2.24, 2.45) is 5.73 Å². The highest BCUT2D eigenvalue weighted by Crippen LogP contribution is 2.36. The zero-order valence-electron chi connectivity index (χ0n) is 12.8. The lowest BCUT2D eigenvalue weighted by Gasteiger charge is -2.36. The first kappa shape index (κ1) is 16.5. The third-order valence-electron chi connectivity index (χ3n) is 3.77. The number of likely N-dealkylation sites (N-methyl/N-ethyl adjacent to an activating group) is 1. The third kappa shape index (κ3) is 3.87. The quantitative estimate of drug-likeness (QED) is 0.767. The molecule has 0 spiro atoms. The second kappa shape index (κ2) is 7.43. The van der Waals surface area contributed by atoms with Crippen LogP contribution < -0.4 is 10.6 Å². The highest BCUT2D eigenvalue weighted by molar-refractivity contribution is 9.11. The van der Waals surface area contributed by atoms with E-state index in [-0.39, 0.29) is 12.1 Å². The standard InChI is InChI=1S/C17H23BrN2S/c1-4-14(19)17(15-9-10-16(18)21-15)20(5-2)13-8-6-7-12(3)11-13/h6-11,14,17H,4-5,19H2,1-3H3. The second-order valence-electron chi connectivity index (χ2n) is 5.28. The maximum absolute atomic E-state index is 6.46. The van der Waals surface area contributed by atoms with Crippen LogP contribution in [0.15, 0.2) is 40.2 Å². The molecule has 21 heavy (non-hydrogen) atoms. The number of hydrogen-bond donors (Lipinski definition) is 1. The van der Waals surface area contributed by atoms with E-state index in [1.54, 1.807) is 11.3 Å². The molecule has 2 atom stereocenters. The number of rotatable bonds is 6.